The summed E-state index contributed by atoms with van der Waals surface area (Å²) in [4.78, 5) is 4.18. The van der Waals surface area contributed by atoms with E-state index in [9.17, 15) is 0 Å². The molecule has 0 saturated carbocycles. The van der Waals surface area contributed by atoms with Crippen LogP contribution < -0.4 is 43.5 Å². The number of aromatic nitrogens is 1. The van der Waals surface area contributed by atoms with Gasteiger partial charge in [-0.1, -0.05) is 54.6 Å². The second-order valence-electron chi connectivity index (χ2n) is 8.59. The van der Waals surface area contributed by atoms with Crippen molar-refractivity contribution >= 4 is 70.2 Å². The summed E-state index contributed by atoms with van der Waals surface area (Å²) < 4.78 is 0. The van der Waals surface area contributed by atoms with Crippen molar-refractivity contribution in [2.45, 2.75) is 6.92 Å². The van der Waals surface area contributed by atoms with Crippen molar-refractivity contribution in [3.05, 3.63) is 121 Å². The summed E-state index contributed by atoms with van der Waals surface area (Å²) in [6.07, 6.45) is 3.95. The molecule has 0 amide bonds. The van der Waals surface area contributed by atoms with Crippen molar-refractivity contribution < 1.29 is 34.1 Å². The molecule has 0 bridgehead atoms. The van der Waals surface area contributed by atoms with Crippen LogP contribution in [0.15, 0.2) is 136 Å². The first-order valence-electron chi connectivity index (χ1n) is 12.5. The van der Waals surface area contributed by atoms with E-state index in [0.29, 0.717) is 17.7 Å². The van der Waals surface area contributed by atoms with Crippen molar-refractivity contribution in [2.24, 2.45) is 20.4 Å². The van der Waals surface area contributed by atoms with Gasteiger partial charge in [0, 0.05) is 30.2 Å². The third kappa shape index (κ3) is 8.98. The van der Waals surface area contributed by atoms with Crippen LogP contribution >= 0.6 is 7.26 Å². The SMILES string of the molecule is CNC([S-])=NN=C(C(C)=NN=C([S-])NC[P+](c1ccccc1)(c1ccccc1)c1ccccc1)c1cccnc1.[Br-].[Cu+2]. The Labute approximate surface area is 280 Å². The van der Waals surface area contributed by atoms with E-state index in [1.807, 2.05) is 30.3 Å². The largest absolute Gasteiger partial charge is 2.00 e. The predicted molar refractivity (Wildman–Crippen MR) is 176 cm³/mol. The van der Waals surface area contributed by atoms with Gasteiger partial charge in [0.25, 0.3) is 0 Å². The van der Waals surface area contributed by atoms with Gasteiger partial charge in [0.2, 0.25) is 0 Å². The van der Waals surface area contributed by atoms with Crippen LogP contribution in [-0.4, -0.2) is 40.1 Å². The molecule has 1 heterocycles. The van der Waals surface area contributed by atoms with E-state index in [1.165, 1.54) is 15.9 Å². The summed E-state index contributed by atoms with van der Waals surface area (Å²) in [7, 11) is -0.433. The first kappa shape index (κ1) is 35.2. The van der Waals surface area contributed by atoms with E-state index in [0.717, 1.165) is 5.56 Å². The maximum Gasteiger partial charge on any atom is 2.00 e. The number of amidine groups is 2. The van der Waals surface area contributed by atoms with E-state index in [-0.39, 0.29) is 44.4 Å². The molecule has 2 N–H and O–H groups in total. The molecule has 0 spiro atoms. The van der Waals surface area contributed by atoms with Crippen LogP contribution in [0, 0.1) is 0 Å². The molecule has 0 fully saturated rings. The van der Waals surface area contributed by atoms with Gasteiger partial charge in [-0.3, -0.25) is 4.98 Å². The Morgan fingerprint density at radius 2 is 1.21 bits per heavy atom. The predicted octanol–water partition coefficient (Wildman–Crippen LogP) is 0.730. The molecule has 0 unspecified atom stereocenters. The Bertz CT molecular complexity index is 1410. The number of nitrogens with zero attached hydrogens (tertiary/aromatic N) is 5. The smallest absolute Gasteiger partial charge is 1.00 e. The first-order chi connectivity index (χ1) is 19.5. The maximum atomic E-state index is 5.65. The van der Waals surface area contributed by atoms with Crippen LogP contribution in [0.4, 0.5) is 0 Å². The minimum Gasteiger partial charge on any atom is -1.00 e. The first-order valence-corrected chi connectivity index (χ1v) is 15.3. The van der Waals surface area contributed by atoms with Crippen LogP contribution in [0.1, 0.15) is 12.5 Å². The summed E-state index contributed by atoms with van der Waals surface area (Å²) in [6, 6.07) is 35.4. The summed E-state index contributed by atoms with van der Waals surface area (Å²) in [5.74, 6) is 0. The van der Waals surface area contributed by atoms with Crippen LogP contribution in [0.25, 0.3) is 0 Å². The summed E-state index contributed by atoms with van der Waals surface area (Å²) in [5.41, 5.74) is 1.76. The number of hydrogen-bond acceptors (Lipinski definition) is 7. The number of pyridine rings is 1. The van der Waals surface area contributed by atoms with Crippen LogP contribution in [0.5, 0.6) is 0 Å². The Morgan fingerprint density at radius 1 is 0.714 bits per heavy atom. The fraction of sp³-hybridized carbons (Fsp3) is 0.100. The van der Waals surface area contributed by atoms with Gasteiger partial charge in [0.15, 0.2) is 0 Å². The fourth-order valence-corrected chi connectivity index (χ4v) is 8.28. The molecule has 0 aliphatic heterocycles. The second kappa shape index (κ2) is 17.8. The molecule has 1 aromatic heterocycles. The van der Waals surface area contributed by atoms with E-state index < -0.39 is 7.26 Å². The molecule has 0 atom stereocenters. The van der Waals surface area contributed by atoms with Gasteiger partial charge < -0.3 is 52.9 Å². The molecule has 4 aromatic rings. The van der Waals surface area contributed by atoms with Gasteiger partial charge in [0.05, 0.1) is 5.71 Å². The van der Waals surface area contributed by atoms with Gasteiger partial charge in [0.1, 0.15) is 35.2 Å². The molecule has 3 aromatic carbocycles. The minimum absolute atomic E-state index is 0. The molecule has 219 valence electrons. The van der Waals surface area contributed by atoms with E-state index >= 15 is 0 Å². The summed E-state index contributed by atoms with van der Waals surface area (Å²) >= 11 is 10.8. The van der Waals surface area contributed by atoms with Crippen LogP contribution in [-0.2, 0) is 42.3 Å². The topological polar surface area (TPSA) is 86.4 Å². The molecule has 0 aliphatic rings. The van der Waals surface area contributed by atoms with Gasteiger partial charge in [-0.15, -0.1) is 5.10 Å². The molecule has 7 nitrogen and oxygen atoms in total. The van der Waals surface area contributed by atoms with Crippen molar-refractivity contribution in [3.63, 3.8) is 0 Å². The summed E-state index contributed by atoms with van der Waals surface area (Å²) in [6.45, 7) is 1.80. The standard InChI is InChI=1S/C30H30N7PS2.BrH.Cu/c1-23(28(35-36-29(39)31-2)24-13-12-20-32-21-24)34-37-30(40)33-22-38(25-14-6-3-7-15-25,26-16-8-4-9-17-26)27-18-10-5-11-19-27;;/h3-21H,22H2,1-2H3,(H3-,31,33,34,35,36,37,39,40);1H;/q;;+2/p-2. The molecular formula is C30H29BrCuN7PS2. The Morgan fingerprint density at radius 3 is 1.67 bits per heavy atom. The van der Waals surface area contributed by atoms with E-state index in [1.54, 1.807) is 26.4 Å². The molecule has 12 heteroatoms. The molecular weight excluding hydrogens is 697 g/mol. The van der Waals surface area contributed by atoms with Crippen LogP contribution in [0.2, 0.25) is 0 Å². The molecule has 4 rings (SSSR count). The van der Waals surface area contributed by atoms with Crippen molar-refractivity contribution in [1.29, 1.82) is 0 Å². The fourth-order valence-electron chi connectivity index (χ4n) is 4.15. The number of rotatable bonds is 9. The molecule has 0 saturated heterocycles. The van der Waals surface area contributed by atoms with E-state index in [4.69, 9.17) is 25.3 Å². The van der Waals surface area contributed by atoms with Crippen molar-refractivity contribution in [2.75, 3.05) is 13.3 Å². The number of nitrogens with one attached hydrogen (secondary N) is 2. The number of benzene rings is 3. The van der Waals surface area contributed by atoms with Crippen molar-refractivity contribution in [1.82, 2.24) is 15.6 Å². The Hall–Kier alpha value is -3.04. The monoisotopic (exact) mass is 724 g/mol. The zero-order valence-electron chi connectivity index (χ0n) is 22.9. The molecule has 1 radical (unpaired) electrons. The van der Waals surface area contributed by atoms with Crippen molar-refractivity contribution in [3.8, 4) is 0 Å². The maximum absolute atomic E-state index is 5.65. The average molecular weight is 726 g/mol. The quantitative estimate of drug-likeness (QED) is 0.0665. The Balaban J connectivity index is 0.00000308. The van der Waals surface area contributed by atoms with Gasteiger partial charge in [-0.25, -0.2) is 0 Å². The van der Waals surface area contributed by atoms with Gasteiger partial charge in [-0.05, 0) is 60.6 Å². The van der Waals surface area contributed by atoms with Crippen LogP contribution in [0.3, 0.4) is 0 Å². The number of hydrogen-bond donors (Lipinski definition) is 2. The Kier molecular flexibility index (Phi) is 14.9. The summed E-state index contributed by atoms with van der Waals surface area (Å²) in [5, 5.41) is 27.5. The van der Waals surface area contributed by atoms with Gasteiger partial charge >= 0.3 is 17.1 Å². The van der Waals surface area contributed by atoms with E-state index in [2.05, 4.69) is 109 Å². The number of halogens is 1. The van der Waals surface area contributed by atoms with Gasteiger partial charge in [-0.2, -0.15) is 15.3 Å². The minimum atomic E-state index is -2.12. The second-order valence-corrected chi connectivity index (χ2v) is 12.8. The molecule has 0 aliphatic carbocycles. The molecule has 42 heavy (non-hydrogen) atoms. The normalized spacial score (nSPS) is 12.5. The third-order valence-electron chi connectivity index (χ3n) is 6.08. The zero-order chi connectivity index (χ0) is 28.2. The third-order valence-corrected chi connectivity index (χ3v) is 10.8. The zero-order valence-corrected chi connectivity index (χ0v) is 27.9. The average Bonchev–Trinajstić information content (AvgIpc) is 3.02.